The van der Waals surface area contributed by atoms with Crippen LogP contribution < -0.4 is 20.1 Å². The van der Waals surface area contributed by atoms with E-state index in [1.807, 2.05) is 80.6 Å². The molecule has 3 aromatic carbocycles. The van der Waals surface area contributed by atoms with E-state index < -0.39 is 6.04 Å². The van der Waals surface area contributed by atoms with E-state index in [1.165, 1.54) is 0 Å². The summed E-state index contributed by atoms with van der Waals surface area (Å²) in [6, 6.07) is 22.4. The van der Waals surface area contributed by atoms with Gasteiger partial charge in [-0.05, 0) is 49.2 Å². The van der Waals surface area contributed by atoms with Crippen molar-refractivity contribution in [2.75, 3.05) is 24.9 Å². The number of allylic oxidation sites excluding steroid dienone is 1. The number of rotatable bonds is 6. The molecule has 2 heterocycles. The molecule has 0 saturated heterocycles. The lowest BCUT2D eigenvalue weighted by Gasteiger charge is -2.29. The van der Waals surface area contributed by atoms with Crippen molar-refractivity contribution in [3.05, 3.63) is 95.2 Å². The number of para-hydroxylation sites is 2. The lowest BCUT2D eigenvalue weighted by molar-refractivity contribution is -0.113. The second kappa shape index (κ2) is 9.58. The standard InChI is InChI=1S/C28H27N5O3/c1-17-9-5-6-10-21(17)26-31-28-29-18(2)24(27(34)30-22-11-7-8-12-23(22)36-4)25(33(28)32-26)19-13-15-20(35-3)16-14-19/h5-16,25H,1-4H3,(H,30,34)(H,29,31,32). The van der Waals surface area contributed by atoms with Gasteiger partial charge in [-0.3, -0.25) is 4.79 Å². The molecule has 1 aliphatic heterocycles. The number of aryl methyl sites for hydroxylation is 1. The van der Waals surface area contributed by atoms with Gasteiger partial charge < -0.3 is 20.1 Å². The molecule has 1 amide bonds. The molecule has 1 aliphatic rings. The summed E-state index contributed by atoms with van der Waals surface area (Å²) in [5, 5.41) is 11.2. The van der Waals surface area contributed by atoms with Gasteiger partial charge in [-0.1, -0.05) is 48.5 Å². The van der Waals surface area contributed by atoms with E-state index in [1.54, 1.807) is 25.0 Å². The van der Waals surface area contributed by atoms with Crippen molar-refractivity contribution in [3.63, 3.8) is 0 Å². The van der Waals surface area contributed by atoms with Gasteiger partial charge in [0.05, 0.1) is 25.5 Å². The van der Waals surface area contributed by atoms with Gasteiger partial charge in [0.15, 0.2) is 5.82 Å². The predicted octanol–water partition coefficient (Wildman–Crippen LogP) is 5.20. The Morgan fingerprint density at radius 1 is 0.944 bits per heavy atom. The van der Waals surface area contributed by atoms with Gasteiger partial charge in [0.1, 0.15) is 17.5 Å². The Morgan fingerprint density at radius 2 is 1.67 bits per heavy atom. The average molecular weight is 482 g/mol. The highest BCUT2D eigenvalue weighted by molar-refractivity contribution is 6.06. The van der Waals surface area contributed by atoms with Crippen LogP contribution in [0.2, 0.25) is 0 Å². The molecule has 8 nitrogen and oxygen atoms in total. The number of carbonyl (C=O) groups is 1. The summed E-state index contributed by atoms with van der Waals surface area (Å²) in [6.45, 7) is 3.90. The molecule has 182 valence electrons. The zero-order valence-electron chi connectivity index (χ0n) is 20.6. The molecule has 0 bridgehead atoms. The largest absolute Gasteiger partial charge is 0.497 e. The van der Waals surface area contributed by atoms with Crippen LogP contribution in [-0.2, 0) is 4.79 Å². The Kier molecular flexibility index (Phi) is 6.16. The number of fused-ring (bicyclic) bond motifs is 1. The SMILES string of the molecule is COc1ccc(C2C(C(=O)Nc3ccccc3OC)=C(C)Nc3nc(-c4ccccc4C)nn32)cc1. The number of hydrogen-bond donors (Lipinski definition) is 2. The van der Waals surface area contributed by atoms with Crippen LogP contribution in [0.1, 0.15) is 24.1 Å². The third-order valence-electron chi connectivity index (χ3n) is 6.27. The lowest BCUT2D eigenvalue weighted by Crippen LogP contribution is -2.31. The highest BCUT2D eigenvalue weighted by Gasteiger charge is 2.35. The Labute approximate surface area is 209 Å². The van der Waals surface area contributed by atoms with Gasteiger partial charge in [0.25, 0.3) is 5.91 Å². The van der Waals surface area contributed by atoms with Crippen LogP contribution in [0.3, 0.4) is 0 Å². The Morgan fingerprint density at radius 3 is 2.39 bits per heavy atom. The molecule has 36 heavy (non-hydrogen) atoms. The third-order valence-corrected chi connectivity index (χ3v) is 6.27. The first-order valence-electron chi connectivity index (χ1n) is 11.6. The highest BCUT2D eigenvalue weighted by Crippen LogP contribution is 2.38. The average Bonchev–Trinajstić information content (AvgIpc) is 3.31. The van der Waals surface area contributed by atoms with Gasteiger partial charge in [0.2, 0.25) is 5.95 Å². The molecular formula is C28H27N5O3. The Hall–Kier alpha value is -4.59. The van der Waals surface area contributed by atoms with Crippen LogP contribution in [0, 0.1) is 6.92 Å². The first-order chi connectivity index (χ1) is 17.5. The molecule has 4 aromatic rings. The molecule has 8 heteroatoms. The molecule has 0 spiro atoms. The van der Waals surface area contributed by atoms with Crippen molar-refractivity contribution in [2.24, 2.45) is 0 Å². The molecule has 0 radical (unpaired) electrons. The number of ether oxygens (including phenoxy) is 2. The van der Waals surface area contributed by atoms with Crippen molar-refractivity contribution in [3.8, 4) is 22.9 Å². The van der Waals surface area contributed by atoms with Gasteiger partial charge in [-0.2, -0.15) is 4.98 Å². The molecule has 0 fully saturated rings. The zero-order chi connectivity index (χ0) is 25.2. The molecular weight excluding hydrogens is 454 g/mol. The van der Waals surface area contributed by atoms with Crippen LogP contribution in [0.25, 0.3) is 11.4 Å². The summed E-state index contributed by atoms with van der Waals surface area (Å²) in [5.41, 5.74) is 4.69. The third kappa shape index (κ3) is 4.17. The lowest BCUT2D eigenvalue weighted by atomic mass is 9.95. The maximum absolute atomic E-state index is 13.7. The van der Waals surface area contributed by atoms with Crippen LogP contribution in [0.4, 0.5) is 11.6 Å². The number of amides is 1. The number of carbonyl (C=O) groups excluding carboxylic acids is 1. The van der Waals surface area contributed by atoms with Crippen molar-refractivity contribution in [1.82, 2.24) is 14.8 Å². The van der Waals surface area contributed by atoms with Gasteiger partial charge in [0, 0.05) is 11.3 Å². The monoisotopic (exact) mass is 481 g/mol. The van der Waals surface area contributed by atoms with Crippen LogP contribution in [0.5, 0.6) is 11.5 Å². The number of benzene rings is 3. The number of nitrogens with one attached hydrogen (secondary N) is 2. The summed E-state index contributed by atoms with van der Waals surface area (Å²) in [6.07, 6.45) is 0. The van der Waals surface area contributed by atoms with E-state index in [2.05, 4.69) is 10.6 Å². The zero-order valence-corrected chi connectivity index (χ0v) is 20.6. The number of anilines is 2. The van der Waals surface area contributed by atoms with Gasteiger partial charge in [-0.15, -0.1) is 5.10 Å². The number of aromatic nitrogens is 3. The minimum absolute atomic E-state index is 0.260. The van der Waals surface area contributed by atoms with Crippen LogP contribution in [-0.4, -0.2) is 34.9 Å². The van der Waals surface area contributed by atoms with Crippen molar-refractivity contribution in [1.29, 1.82) is 0 Å². The molecule has 1 unspecified atom stereocenters. The summed E-state index contributed by atoms with van der Waals surface area (Å²) in [5.74, 6) is 2.21. The van der Waals surface area contributed by atoms with Crippen molar-refractivity contribution in [2.45, 2.75) is 19.9 Å². The van der Waals surface area contributed by atoms with E-state index in [0.717, 1.165) is 22.4 Å². The topological polar surface area (TPSA) is 90.3 Å². The van der Waals surface area contributed by atoms with E-state index in [9.17, 15) is 4.79 Å². The number of hydrogen-bond acceptors (Lipinski definition) is 6. The van der Waals surface area contributed by atoms with Crippen LogP contribution >= 0.6 is 0 Å². The van der Waals surface area contributed by atoms with Gasteiger partial charge in [-0.25, -0.2) is 4.68 Å². The predicted molar refractivity (Wildman–Crippen MR) is 139 cm³/mol. The normalized spacial score (nSPS) is 14.6. The molecule has 1 atom stereocenters. The minimum Gasteiger partial charge on any atom is -0.497 e. The fraction of sp³-hybridized carbons (Fsp3) is 0.179. The smallest absolute Gasteiger partial charge is 0.255 e. The number of methoxy groups -OCH3 is 2. The molecule has 2 N–H and O–H groups in total. The summed E-state index contributed by atoms with van der Waals surface area (Å²) >= 11 is 0. The number of nitrogens with zero attached hydrogens (tertiary/aromatic N) is 3. The van der Waals surface area contributed by atoms with Crippen molar-refractivity contribution >= 4 is 17.5 Å². The van der Waals surface area contributed by atoms with E-state index >= 15 is 0 Å². The van der Waals surface area contributed by atoms with Crippen LogP contribution in [0.15, 0.2) is 84.1 Å². The van der Waals surface area contributed by atoms with Gasteiger partial charge >= 0.3 is 0 Å². The molecule has 5 rings (SSSR count). The fourth-order valence-corrected chi connectivity index (χ4v) is 4.41. The summed E-state index contributed by atoms with van der Waals surface area (Å²) in [7, 11) is 3.20. The van der Waals surface area contributed by atoms with E-state index in [0.29, 0.717) is 34.5 Å². The molecule has 0 saturated carbocycles. The maximum Gasteiger partial charge on any atom is 0.255 e. The minimum atomic E-state index is -0.507. The second-order valence-corrected chi connectivity index (χ2v) is 8.51. The maximum atomic E-state index is 13.7. The first-order valence-corrected chi connectivity index (χ1v) is 11.6. The molecule has 0 aliphatic carbocycles. The highest BCUT2D eigenvalue weighted by atomic mass is 16.5. The molecule has 1 aromatic heterocycles. The van der Waals surface area contributed by atoms with E-state index in [4.69, 9.17) is 19.6 Å². The summed E-state index contributed by atoms with van der Waals surface area (Å²) < 4.78 is 12.5. The quantitative estimate of drug-likeness (QED) is 0.394. The van der Waals surface area contributed by atoms with Crippen molar-refractivity contribution < 1.29 is 14.3 Å². The first kappa shape index (κ1) is 23.2. The second-order valence-electron chi connectivity index (χ2n) is 8.51. The summed E-state index contributed by atoms with van der Waals surface area (Å²) in [4.78, 5) is 18.5. The van der Waals surface area contributed by atoms with E-state index in [-0.39, 0.29) is 5.91 Å². The fourth-order valence-electron chi connectivity index (χ4n) is 4.41. The Bertz CT molecular complexity index is 1460. The Balaban J connectivity index is 1.61.